The Hall–Kier alpha value is -1.98. The second-order valence-corrected chi connectivity index (χ2v) is 6.41. The Kier molecular flexibility index (Phi) is 6.29. The lowest BCUT2D eigenvalue weighted by atomic mass is 9.96. The number of likely N-dealkylation sites (tertiary alicyclic amines) is 1. The van der Waals surface area contributed by atoms with Gasteiger partial charge in [0.15, 0.2) is 0 Å². The average molecular weight is 338 g/mol. The molecule has 6 heteroatoms. The number of hydrogen-bond donors (Lipinski definition) is 1. The molecule has 0 saturated carbocycles. The van der Waals surface area contributed by atoms with Crippen LogP contribution in [0.1, 0.15) is 49.9 Å². The second kappa shape index (κ2) is 8.22. The Morgan fingerprint density at radius 1 is 1.38 bits per heavy atom. The summed E-state index contributed by atoms with van der Waals surface area (Å²) in [5, 5.41) is 2.97. The molecule has 1 aliphatic heterocycles. The van der Waals surface area contributed by atoms with Crippen LogP contribution in [0.2, 0.25) is 0 Å². The fourth-order valence-electron chi connectivity index (χ4n) is 3.07. The second-order valence-electron chi connectivity index (χ2n) is 6.41. The molecule has 1 aliphatic rings. The lowest BCUT2D eigenvalue weighted by molar-refractivity contribution is -0.127. The van der Waals surface area contributed by atoms with Gasteiger partial charge >= 0.3 is 0 Å². The van der Waals surface area contributed by atoms with Gasteiger partial charge in [0.25, 0.3) is 5.91 Å². The molecule has 0 unspecified atom stereocenters. The van der Waals surface area contributed by atoms with Crippen molar-refractivity contribution in [2.24, 2.45) is 5.92 Å². The van der Waals surface area contributed by atoms with Gasteiger partial charge in [-0.3, -0.25) is 9.59 Å². The minimum absolute atomic E-state index is 0.0620. The number of benzene rings is 1. The number of nitrogens with one attached hydrogen (secondary N) is 1. The van der Waals surface area contributed by atoms with E-state index in [4.69, 9.17) is 0 Å². The number of amides is 2. The Bertz CT molecular complexity index is 607. The van der Waals surface area contributed by atoms with E-state index in [9.17, 15) is 18.4 Å². The van der Waals surface area contributed by atoms with Gasteiger partial charge in [-0.1, -0.05) is 13.3 Å². The first kappa shape index (κ1) is 18.4. The summed E-state index contributed by atoms with van der Waals surface area (Å²) in [4.78, 5) is 26.3. The van der Waals surface area contributed by atoms with Crippen molar-refractivity contribution in [3.8, 4) is 0 Å². The molecule has 0 bridgehead atoms. The maximum absolute atomic E-state index is 13.8. The highest BCUT2D eigenvalue weighted by Crippen LogP contribution is 2.20. The lowest BCUT2D eigenvalue weighted by Gasteiger charge is -2.32. The summed E-state index contributed by atoms with van der Waals surface area (Å²) in [6, 6.07) is 3.02. The summed E-state index contributed by atoms with van der Waals surface area (Å²) in [6.07, 6.45) is 3.29. The van der Waals surface area contributed by atoms with Gasteiger partial charge in [0.2, 0.25) is 5.91 Å². The van der Waals surface area contributed by atoms with Crippen molar-refractivity contribution in [1.82, 2.24) is 10.2 Å². The van der Waals surface area contributed by atoms with Crippen LogP contribution >= 0.6 is 0 Å². The third kappa shape index (κ3) is 4.52. The first-order chi connectivity index (χ1) is 11.4. The highest BCUT2D eigenvalue weighted by atomic mass is 19.1. The molecule has 24 heavy (non-hydrogen) atoms. The van der Waals surface area contributed by atoms with Crippen molar-refractivity contribution in [2.75, 3.05) is 13.1 Å². The molecule has 1 aromatic carbocycles. The molecule has 0 aliphatic carbocycles. The van der Waals surface area contributed by atoms with E-state index in [0.29, 0.717) is 25.5 Å². The highest BCUT2D eigenvalue weighted by Gasteiger charge is 2.30. The van der Waals surface area contributed by atoms with Crippen LogP contribution in [-0.2, 0) is 4.79 Å². The molecule has 0 aromatic heterocycles. The van der Waals surface area contributed by atoms with Crippen molar-refractivity contribution in [1.29, 1.82) is 0 Å². The summed E-state index contributed by atoms with van der Waals surface area (Å²) in [5.41, 5.74) is -0.156. The third-order valence-electron chi connectivity index (χ3n) is 4.35. The normalized spacial score (nSPS) is 19.0. The summed E-state index contributed by atoms with van der Waals surface area (Å²) in [5.74, 6) is -2.43. The minimum Gasteiger partial charge on any atom is -0.353 e. The molecular formula is C18H24F2N2O2. The standard InChI is InChI=1S/C18H24F2N2O2/c1-3-5-12(2)21-17(23)13-6-4-9-22(11-13)18(24)15-8-7-14(19)10-16(15)20/h7-8,10,12-13H,3-6,9,11H2,1-2H3,(H,21,23)/t12-,13-/m1/s1. The molecule has 4 nitrogen and oxygen atoms in total. The summed E-state index contributed by atoms with van der Waals surface area (Å²) >= 11 is 0. The van der Waals surface area contributed by atoms with Gasteiger partial charge in [-0.15, -0.1) is 0 Å². The van der Waals surface area contributed by atoms with Crippen LogP contribution in [0.15, 0.2) is 18.2 Å². The highest BCUT2D eigenvalue weighted by molar-refractivity contribution is 5.95. The summed E-state index contributed by atoms with van der Waals surface area (Å²) < 4.78 is 26.8. The van der Waals surface area contributed by atoms with Crippen molar-refractivity contribution in [3.05, 3.63) is 35.4 Å². The van der Waals surface area contributed by atoms with Crippen LogP contribution in [0, 0.1) is 17.6 Å². The number of rotatable bonds is 5. The lowest BCUT2D eigenvalue weighted by Crippen LogP contribution is -2.47. The van der Waals surface area contributed by atoms with E-state index in [2.05, 4.69) is 12.2 Å². The Morgan fingerprint density at radius 3 is 2.79 bits per heavy atom. The number of piperidine rings is 1. The average Bonchev–Trinajstić information content (AvgIpc) is 2.54. The van der Waals surface area contributed by atoms with Crippen LogP contribution in [0.5, 0.6) is 0 Å². The van der Waals surface area contributed by atoms with Crippen molar-refractivity contribution in [2.45, 2.75) is 45.6 Å². The molecule has 1 heterocycles. The van der Waals surface area contributed by atoms with Crippen molar-refractivity contribution >= 4 is 11.8 Å². The molecular weight excluding hydrogens is 314 g/mol. The predicted octanol–water partition coefficient (Wildman–Crippen LogP) is 3.12. The van der Waals surface area contributed by atoms with Gasteiger partial charge < -0.3 is 10.2 Å². The number of halogens is 2. The van der Waals surface area contributed by atoms with Gasteiger partial charge in [0.1, 0.15) is 11.6 Å². The summed E-state index contributed by atoms with van der Waals surface area (Å²) in [7, 11) is 0. The van der Waals surface area contributed by atoms with E-state index in [1.165, 1.54) is 4.90 Å². The molecule has 0 radical (unpaired) electrons. The van der Waals surface area contributed by atoms with Gasteiger partial charge in [-0.25, -0.2) is 8.78 Å². The van der Waals surface area contributed by atoms with E-state index in [0.717, 1.165) is 25.0 Å². The Labute approximate surface area is 141 Å². The van der Waals surface area contributed by atoms with Crippen molar-refractivity contribution < 1.29 is 18.4 Å². The number of carbonyl (C=O) groups excluding carboxylic acids is 2. The molecule has 2 rings (SSSR count). The fraction of sp³-hybridized carbons (Fsp3) is 0.556. The Balaban J connectivity index is 2.02. The predicted molar refractivity (Wildman–Crippen MR) is 87.5 cm³/mol. The zero-order valence-electron chi connectivity index (χ0n) is 14.1. The summed E-state index contributed by atoms with van der Waals surface area (Å²) in [6.45, 7) is 4.76. The molecule has 2 amide bonds. The van der Waals surface area contributed by atoms with Crippen LogP contribution in [0.4, 0.5) is 8.78 Å². The first-order valence-corrected chi connectivity index (χ1v) is 8.47. The SMILES string of the molecule is CCC[C@@H](C)NC(=O)[C@@H]1CCCN(C(=O)c2ccc(F)cc2F)C1. The van der Waals surface area contributed by atoms with E-state index < -0.39 is 17.5 Å². The van der Waals surface area contributed by atoms with E-state index in [1.807, 2.05) is 6.92 Å². The molecule has 1 saturated heterocycles. The van der Waals surface area contributed by atoms with Crippen LogP contribution < -0.4 is 5.32 Å². The van der Waals surface area contributed by atoms with Crippen LogP contribution in [0.25, 0.3) is 0 Å². The number of nitrogens with zero attached hydrogens (tertiary/aromatic N) is 1. The largest absolute Gasteiger partial charge is 0.353 e. The van der Waals surface area contributed by atoms with Crippen LogP contribution in [-0.4, -0.2) is 35.8 Å². The topological polar surface area (TPSA) is 49.4 Å². The van der Waals surface area contributed by atoms with Gasteiger partial charge in [-0.05, 0) is 38.3 Å². The molecule has 0 spiro atoms. The van der Waals surface area contributed by atoms with Crippen LogP contribution in [0.3, 0.4) is 0 Å². The first-order valence-electron chi connectivity index (χ1n) is 8.47. The third-order valence-corrected chi connectivity index (χ3v) is 4.35. The zero-order chi connectivity index (χ0) is 17.7. The van der Waals surface area contributed by atoms with E-state index >= 15 is 0 Å². The van der Waals surface area contributed by atoms with Gasteiger partial charge in [0.05, 0.1) is 11.5 Å². The maximum Gasteiger partial charge on any atom is 0.256 e. The van der Waals surface area contributed by atoms with Gasteiger partial charge in [0, 0.05) is 25.2 Å². The fourth-order valence-corrected chi connectivity index (χ4v) is 3.07. The molecule has 1 fully saturated rings. The van der Waals surface area contributed by atoms with E-state index in [-0.39, 0.29) is 30.0 Å². The smallest absolute Gasteiger partial charge is 0.256 e. The monoisotopic (exact) mass is 338 g/mol. The molecule has 2 atom stereocenters. The molecule has 1 N–H and O–H groups in total. The maximum atomic E-state index is 13.8. The molecule has 1 aromatic rings. The minimum atomic E-state index is -0.872. The Morgan fingerprint density at radius 2 is 2.12 bits per heavy atom. The zero-order valence-corrected chi connectivity index (χ0v) is 14.1. The van der Waals surface area contributed by atoms with Gasteiger partial charge in [-0.2, -0.15) is 0 Å². The van der Waals surface area contributed by atoms with E-state index in [1.54, 1.807) is 0 Å². The number of hydrogen-bond acceptors (Lipinski definition) is 2. The number of carbonyl (C=O) groups is 2. The van der Waals surface area contributed by atoms with Crippen molar-refractivity contribution in [3.63, 3.8) is 0 Å². The molecule has 132 valence electrons. The quantitative estimate of drug-likeness (QED) is 0.897.